The van der Waals surface area contributed by atoms with E-state index in [1.807, 2.05) is 12.3 Å². The second kappa shape index (κ2) is 6.89. The van der Waals surface area contributed by atoms with Crippen LogP contribution in [0.1, 0.15) is 43.5 Å². The molecule has 1 aromatic rings. The first kappa shape index (κ1) is 15.8. The summed E-state index contributed by atoms with van der Waals surface area (Å²) in [6.45, 7) is 2.67. The van der Waals surface area contributed by atoms with E-state index in [4.69, 9.17) is 0 Å². The summed E-state index contributed by atoms with van der Waals surface area (Å²) in [4.78, 5) is 27.4. The van der Waals surface area contributed by atoms with Crippen molar-refractivity contribution in [1.29, 1.82) is 0 Å². The van der Waals surface area contributed by atoms with Gasteiger partial charge in [-0.05, 0) is 12.8 Å². The third-order valence-corrected chi connectivity index (χ3v) is 5.05. The molecule has 1 fully saturated rings. The number of nitrogens with one attached hydrogen (secondary N) is 2. The van der Waals surface area contributed by atoms with Crippen LogP contribution in [-0.2, 0) is 4.79 Å². The average molecular weight is 311 g/mol. The molecule has 1 aromatic heterocycles. The van der Waals surface area contributed by atoms with E-state index in [1.54, 1.807) is 17.5 Å². The highest BCUT2D eigenvalue weighted by Gasteiger charge is 2.41. The van der Waals surface area contributed by atoms with Gasteiger partial charge in [0.15, 0.2) is 0 Å². The number of amides is 2. The van der Waals surface area contributed by atoms with Crippen LogP contribution in [0.5, 0.6) is 0 Å². The van der Waals surface area contributed by atoms with Crippen LogP contribution in [-0.4, -0.2) is 35.2 Å². The minimum absolute atomic E-state index is 0.149. The van der Waals surface area contributed by atoms with Gasteiger partial charge in [-0.15, -0.1) is 11.3 Å². The van der Waals surface area contributed by atoms with Crippen molar-refractivity contribution in [2.45, 2.75) is 38.5 Å². The summed E-state index contributed by atoms with van der Waals surface area (Å²) in [6.07, 6.45) is 4.84. The number of nitrogens with zero attached hydrogens (tertiary/aromatic N) is 1. The summed E-state index contributed by atoms with van der Waals surface area (Å²) >= 11 is 1.56. The van der Waals surface area contributed by atoms with Crippen molar-refractivity contribution < 1.29 is 14.7 Å². The van der Waals surface area contributed by atoms with Crippen molar-refractivity contribution in [1.82, 2.24) is 15.6 Å². The number of hydrogen-bond acceptors (Lipinski definition) is 4. The van der Waals surface area contributed by atoms with Crippen LogP contribution in [0.25, 0.3) is 0 Å². The first-order valence-corrected chi connectivity index (χ1v) is 8.06. The summed E-state index contributed by atoms with van der Waals surface area (Å²) in [7, 11) is 0. The minimum atomic E-state index is -0.809. The van der Waals surface area contributed by atoms with Crippen LogP contribution >= 0.6 is 11.3 Å². The largest absolute Gasteiger partial charge is 0.481 e. The van der Waals surface area contributed by atoms with Crippen molar-refractivity contribution in [3.05, 3.63) is 16.6 Å². The lowest BCUT2D eigenvalue weighted by atomic mass is 9.86. The fourth-order valence-electron chi connectivity index (χ4n) is 2.64. The van der Waals surface area contributed by atoms with Gasteiger partial charge in [-0.1, -0.05) is 19.8 Å². The number of carbonyl (C=O) groups is 2. The number of carbonyl (C=O) groups excluding carboxylic acids is 1. The molecule has 0 bridgehead atoms. The number of rotatable bonds is 6. The summed E-state index contributed by atoms with van der Waals surface area (Å²) in [5.41, 5.74) is -0.780. The Morgan fingerprint density at radius 2 is 2.14 bits per heavy atom. The van der Waals surface area contributed by atoms with Gasteiger partial charge in [-0.2, -0.15) is 0 Å². The average Bonchev–Trinajstić information content (AvgIpc) is 3.13. The second-order valence-corrected chi connectivity index (χ2v) is 6.55. The van der Waals surface area contributed by atoms with Gasteiger partial charge in [0.2, 0.25) is 0 Å². The zero-order chi connectivity index (χ0) is 15.3. The normalized spacial score (nSPS) is 18.1. The van der Waals surface area contributed by atoms with E-state index in [1.165, 1.54) is 0 Å². The molecule has 116 valence electrons. The Balaban J connectivity index is 1.76. The fraction of sp³-hybridized carbons (Fsp3) is 0.643. The third kappa shape index (κ3) is 3.93. The topological polar surface area (TPSA) is 91.3 Å². The van der Waals surface area contributed by atoms with E-state index in [2.05, 4.69) is 15.6 Å². The molecule has 0 saturated heterocycles. The molecule has 7 heteroatoms. The van der Waals surface area contributed by atoms with Crippen molar-refractivity contribution in [2.75, 3.05) is 13.1 Å². The van der Waals surface area contributed by atoms with E-state index in [0.29, 0.717) is 19.4 Å². The Morgan fingerprint density at radius 1 is 1.43 bits per heavy atom. The molecule has 3 N–H and O–H groups in total. The molecule has 6 nitrogen and oxygen atoms in total. The maximum atomic E-state index is 11.8. The maximum absolute atomic E-state index is 11.8. The first-order valence-electron chi connectivity index (χ1n) is 7.18. The molecule has 2 rings (SSSR count). The van der Waals surface area contributed by atoms with Gasteiger partial charge in [-0.3, -0.25) is 4.79 Å². The van der Waals surface area contributed by atoms with E-state index >= 15 is 0 Å². The zero-order valence-corrected chi connectivity index (χ0v) is 12.9. The highest BCUT2D eigenvalue weighted by atomic mass is 32.1. The highest BCUT2D eigenvalue weighted by molar-refractivity contribution is 7.09. The second-order valence-electron chi connectivity index (χ2n) is 5.63. The van der Waals surface area contributed by atoms with E-state index < -0.39 is 11.4 Å². The highest BCUT2D eigenvalue weighted by Crippen LogP contribution is 2.37. The molecular weight excluding hydrogens is 290 g/mol. The van der Waals surface area contributed by atoms with Gasteiger partial charge < -0.3 is 15.7 Å². The number of hydrogen-bond donors (Lipinski definition) is 3. The van der Waals surface area contributed by atoms with Gasteiger partial charge in [0, 0.05) is 30.6 Å². The van der Waals surface area contributed by atoms with Crippen LogP contribution in [0.15, 0.2) is 11.6 Å². The van der Waals surface area contributed by atoms with Gasteiger partial charge >= 0.3 is 12.0 Å². The number of urea groups is 1. The molecule has 0 spiro atoms. The quantitative estimate of drug-likeness (QED) is 0.751. The van der Waals surface area contributed by atoms with Gasteiger partial charge in [0.1, 0.15) is 0 Å². The molecule has 0 radical (unpaired) electrons. The number of carboxylic acids is 1. The van der Waals surface area contributed by atoms with Crippen LogP contribution in [0.4, 0.5) is 4.79 Å². The molecule has 1 saturated carbocycles. The molecule has 2 amide bonds. The van der Waals surface area contributed by atoms with Crippen molar-refractivity contribution in [3.63, 3.8) is 0 Å². The van der Waals surface area contributed by atoms with E-state index in [-0.39, 0.29) is 18.5 Å². The Hall–Kier alpha value is -1.63. The molecule has 1 aliphatic carbocycles. The lowest BCUT2D eigenvalue weighted by molar-refractivity contribution is -0.148. The van der Waals surface area contributed by atoms with Crippen molar-refractivity contribution in [3.8, 4) is 0 Å². The lowest BCUT2D eigenvalue weighted by Crippen LogP contribution is -2.45. The Kier molecular flexibility index (Phi) is 5.17. The molecule has 1 heterocycles. The maximum Gasteiger partial charge on any atom is 0.314 e. The summed E-state index contributed by atoms with van der Waals surface area (Å²) in [5, 5.41) is 17.7. The van der Waals surface area contributed by atoms with Crippen molar-refractivity contribution in [2.24, 2.45) is 5.41 Å². The third-order valence-electron chi connectivity index (χ3n) is 4.04. The molecular formula is C14H21N3O3S. The van der Waals surface area contributed by atoms with E-state index in [0.717, 1.165) is 17.8 Å². The molecule has 1 atom stereocenters. The summed E-state index contributed by atoms with van der Waals surface area (Å²) in [6, 6.07) is -0.314. The Labute approximate surface area is 128 Å². The van der Waals surface area contributed by atoms with Crippen LogP contribution < -0.4 is 10.6 Å². The Bertz CT molecular complexity index is 484. The zero-order valence-electron chi connectivity index (χ0n) is 12.1. The number of carboxylic acid groups (broad SMARTS) is 1. The number of thiazole rings is 1. The summed E-state index contributed by atoms with van der Waals surface area (Å²) in [5.74, 6) is -0.660. The predicted octanol–water partition coefficient (Wildman–Crippen LogP) is 2.19. The van der Waals surface area contributed by atoms with Crippen molar-refractivity contribution >= 4 is 23.3 Å². The molecule has 0 aliphatic heterocycles. The SMILES string of the molecule is CC(CNC(=O)NCC1(C(=O)O)CCCC1)c1nccs1. The van der Waals surface area contributed by atoms with Gasteiger partial charge in [-0.25, -0.2) is 9.78 Å². The molecule has 1 unspecified atom stereocenters. The minimum Gasteiger partial charge on any atom is -0.481 e. The van der Waals surface area contributed by atoms with Crippen LogP contribution in [0, 0.1) is 5.41 Å². The van der Waals surface area contributed by atoms with Crippen LogP contribution in [0.2, 0.25) is 0 Å². The predicted molar refractivity (Wildman–Crippen MR) is 80.5 cm³/mol. The monoisotopic (exact) mass is 311 g/mol. The molecule has 0 aromatic carbocycles. The van der Waals surface area contributed by atoms with Crippen LogP contribution in [0.3, 0.4) is 0 Å². The summed E-state index contributed by atoms with van der Waals surface area (Å²) < 4.78 is 0. The number of aliphatic carboxylic acids is 1. The standard InChI is InChI=1S/C14H21N3O3S/c1-10(11-15-6-7-21-11)8-16-13(20)17-9-14(12(18)19)4-2-3-5-14/h6-7,10H,2-5,8-9H2,1H3,(H,18,19)(H2,16,17,20). The number of aromatic nitrogens is 1. The lowest BCUT2D eigenvalue weighted by Gasteiger charge is -2.24. The smallest absolute Gasteiger partial charge is 0.314 e. The van der Waals surface area contributed by atoms with Gasteiger partial charge in [0.25, 0.3) is 0 Å². The van der Waals surface area contributed by atoms with Gasteiger partial charge in [0.05, 0.1) is 10.4 Å². The molecule has 21 heavy (non-hydrogen) atoms. The fourth-order valence-corrected chi connectivity index (χ4v) is 3.34. The first-order chi connectivity index (χ1) is 10.0. The molecule has 1 aliphatic rings. The Morgan fingerprint density at radius 3 is 2.71 bits per heavy atom. The van der Waals surface area contributed by atoms with E-state index in [9.17, 15) is 14.7 Å².